The molecule has 0 spiro atoms. The number of methoxy groups -OCH3 is 5. The molecule has 0 aromatic heterocycles. The second-order valence-electron chi connectivity index (χ2n) is 5.51. The van der Waals surface area contributed by atoms with E-state index in [0.29, 0.717) is 22.8 Å². The lowest BCUT2D eigenvalue weighted by atomic mass is 9.86. The third kappa shape index (κ3) is 5.47. The van der Waals surface area contributed by atoms with Crippen LogP contribution in [0.1, 0.15) is 5.56 Å². The second kappa shape index (κ2) is 10.2. The van der Waals surface area contributed by atoms with Gasteiger partial charge in [-0.15, -0.1) is 0 Å². The number of ether oxygens (including phenoxy) is 5. The topological polar surface area (TPSA) is 123 Å². The average molecular weight is 385 g/mol. The molecule has 1 aromatic rings. The van der Waals surface area contributed by atoms with Gasteiger partial charge in [-0.2, -0.15) is 0 Å². The standard InChI is InChI=1S/C17H23NO9/c1-23-11-7-13(24-2)12(14(8-11)25-3)6-10(9-18(21)22)15(16(19)26-4)17(20)27-5/h7-8,10,15H,6,9H2,1-5H3. The Hall–Kier alpha value is -3.04. The number of benzene rings is 1. The molecule has 1 atom stereocenters. The van der Waals surface area contributed by atoms with Crippen molar-refractivity contribution in [2.45, 2.75) is 6.42 Å². The molecule has 1 aromatic carbocycles. The van der Waals surface area contributed by atoms with Crippen molar-refractivity contribution in [3.8, 4) is 17.2 Å². The molecule has 0 saturated carbocycles. The summed E-state index contributed by atoms with van der Waals surface area (Å²) in [5.74, 6) is -3.21. The Morgan fingerprint density at radius 1 is 0.963 bits per heavy atom. The van der Waals surface area contributed by atoms with Gasteiger partial charge in [0.25, 0.3) is 0 Å². The molecule has 0 aliphatic heterocycles. The van der Waals surface area contributed by atoms with Gasteiger partial charge in [-0.05, 0) is 6.42 Å². The number of hydrogen-bond donors (Lipinski definition) is 0. The van der Waals surface area contributed by atoms with E-state index in [1.165, 1.54) is 21.3 Å². The van der Waals surface area contributed by atoms with Crippen molar-refractivity contribution in [3.05, 3.63) is 27.8 Å². The minimum absolute atomic E-state index is 0.0633. The molecule has 1 rings (SSSR count). The number of esters is 2. The maximum absolute atomic E-state index is 12.1. The summed E-state index contributed by atoms with van der Waals surface area (Å²) in [6, 6.07) is 3.15. The first-order valence-corrected chi connectivity index (χ1v) is 7.89. The van der Waals surface area contributed by atoms with Crippen LogP contribution in [-0.2, 0) is 25.5 Å². The highest BCUT2D eigenvalue weighted by molar-refractivity contribution is 5.95. The van der Waals surface area contributed by atoms with Crippen molar-refractivity contribution in [2.24, 2.45) is 11.8 Å². The van der Waals surface area contributed by atoms with Crippen LogP contribution in [0.4, 0.5) is 0 Å². The molecule has 0 saturated heterocycles. The van der Waals surface area contributed by atoms with E-state index in [0.717, 1.165) is 14.2 Å². The summed E-state index contributed by atoms with van der Waals surface area (Å²) in [6.07, 6.45) is -0.0633. The molecular weight excluding hydrogens is 362 g/mol. The molecule has 0 heterocycles. The number of hydrogen-bond acceptors (Lipinski definition) is 9. The molecule has 27 heavy (non-hydrogen) atoms. The Morgan fingerprint density at radius 3 is 1.78 bits per heavy atom. The fourth-order valence-corrected chi connectivity index (χ4v) is 2.76. The van der Waals surface area contributed by atoms with Crippen molar-refractivity contribution in [3.63, 3.8) is 0 Å². The van der Waals surface area contributed by atoms with Gasteiger partial charge in [0.15, 0.2) is 5.92 Å². The van der Waals surface area contributed by atoms with E-state index in [1.807, 2.05) is 0 Å². The fraction of sp³-hybridized carbons (Fsp3) is 0.529. The Morgan fingerprint density at radius 2 is 1.44 bits per heavy atom. The van der Waals surface area contributed by atoms with Crippen LogP contribution in [0.15, 0.2) is 12.1 Å². The van der Waals surface area contributed by atoms with E-state index in [-0.39, 0.29) is 6.42 Å². The molecule has 0 radical (unpaired) electrons. The van der Waals surface area contributed by atoms with Gasteiger partial charge in [-0.25, -0.2) is 0 Å². The van der Waals surface area contributed by atoms with E-state index in [2.05, 4.69) is 9.47 Å². The highest BCUT2D eigenvalue weighted by atomic mass is 16.6. The van der Waals surface area contributed by atoms with E-state index in [4.69, 9.17) is 14.2 Å². The summed E-state index contributed by atoms with van der Waals surface area (Å²) in [6.45, 7) is -0.660. The van der Waals surface area contributed by atoms with Crippen molar-refractivity contribution in [2.75, 3.05) is 42.1 Å². The maximum Gasteiger partial charge on any atom is 0.320 e. The average Bonchev–Trinajstić information content (AvgIpc) is 2.66. The summed E-state index contributed by atoms with van der Waals surface area (Å²) in [5.41, 5.74) is 0.449. The van der Waals surface area contributed by atoms with E-state index < -0.39 is 35.2 Å². The second-order valence-corrected chi connectivity index (χ2v) is 5.51. The van der Waals surface area contributed by atoms with Crippen molar-refractivity contribution >= 4 is 11.9 Å². The first-order valence-electron chi connectivity index (χ1n) is 7.89. The van der Waals surface area contributed by atoms with Gasteiger partial charge in [0.1, 0.15) is 17.2 Å². The molecule has 1 unspecified atom stereocenters. The highest BCUT2D eigenvalue weighted by Crippen LogP contribution is 2.37. The van der Waals surface area contributed by atoms with Crippen molar-refractivity contribution in [1.29, 1.82) is 0 Å². The minimum Gasteiger partial charge on any atom is -0.496 e. The van der Waals surface area contributed by atoms with Gasteiger partial charge in [-0.1, -0.05) is 0 Å². The Balaban J connectivity index is 3.44. The van der Waals surface area contributed by atoms with Crippen LogP contribution in [0.3, 0.4) is 0 Å². The maximum atomic E-state index is 12.1. The van der Waals surface area contributed by atoms with Crippen LogP contribution in [-0.4, -0.2) is 59.0 Å². The normalized spacial score (nSPS) is 11.5. The van der Waals surface area contributed by atoms with Gasteiger partial charge in [-0.3, -0.25) is 19.7 Å². The number of nitrogens with zero attached hydrogens (tertiary/aromatic N) is 1. The largest absolute Gasteiger partial charge is 0.496 e. The molecular formula is C17H23NO9. The first-order chi connectivity index (χ1) is 12.8. The molecule has 10 heteroatoms. The monoisotopic (exact) mass is 385 g/mol. The smallest absolute Gasteiger partial charge is 0.320 e. The van der Waals surface area contributed by atoms with Gasteiger partial charge in [0, 0.05) is 22.6 Å². The van der Waals surface area contributed by atoms with Crippen LogP contribution in [0.5, 0.6) is 17.2 Å². The molecule has 0 amide bonds. The number of rotatable bonds is 10. The number of nitro groups is 1. The predicted molar refractivity (Wildman–Crippen MR) is 92.7 cm³/mol. The fourth-order valence-electron chi connectivity index (χ4n) is 2.76. The Kier molecular flexibility index (Phi) is 8.31. The Labute approximate surface area is 156 Å². The van der Waals surface area contributed by atoms with Gasteiger partial charge in [0.2, 0.25) is 6.54 Å². The molecule has 0 bridgehead atoms. The summed E-state index contributed by atoms with van der Waals surface area (Å²) in [5, 5.41) is 11.2. The first kappa shape index (κ1) is 22.0. The van der Waals surface area contributed by atoms with E-state index in [9.17, 15) is 19.7 Å². The quantitative estimate of drug-likeness (QED) is 0.252. The van der Waals surface area contributed by atoms with Gasteiger partial charge >= 0.3 is 11.9 Å². The molecule has 0 fully saturated rings. The molecule has 10 nitrogen and oxygen atoms in total. The zero-order valence-electron chi connectivity index (χ0n) is 15.8. The molecule has 0 aliphatic rings. The lowest BCUT2D eigenvalue weighted by Crippen LogP contribution is -2.38. The van der Waals surface area contributed by atoms with E-state index in [1.54, 1.807) is 12.1 Å². The van der Waals surface area contributed by atoms with Gasteiger partial charge in [0.05, 0.1) is 41.5 Å². The Bertz CT molecular complexity index is 648. The number of carbonyl (C=O) groups is 2. The van der Waals surface area contributed by atoms with Crippen LogP contribution in [0.2, 0.25) is 0 Å². The van der Waals surface area contributed by atoms with E-state index >= 15 is 0 Å². The predicted octanol–water partition coefficient (Wildman–Crippen LogP) is 1.11. The lowest BCUT2D eigenvalue weighted by Gasteiger charge is -2.22. The SMILES string of the molecule is COC(=O)C(C(=O)OC)C(Cc1c(OC)cc(OC)cc1OC)C[N+](=O)[O-]. The van der Waals surface area contributed by atoms with Crippen LogP contribution >= 0.6 is 0 Å². The van der Waals surface area contributed by atoms with Gasteiger partial charge < -0.3 is 23.7 Å². The van der Waals surface area contributed by atoms with Crippen molar-refractivity contribution in [1.82, 2.24) is 0 Å². The zero-order valence-corrected chi connectivity index (χ0v) is 15.8. The molecule has 150 valence electrons. The highest BCUT2D eigenvalue weighted by Gasteiger charge is 2.40. The summed E-state index contributed by atoms with van der Waals surface area (Å²) in [7, 11) is 6.48. The van der Waals surface area contributed by atoms with Crippen LogP contribution in [0, 0.1) is 22.0 Å². The summed E-state index contributed by atoms with van der Waals surface area (Å²) >= 11 is 0. The third-order valence-electron chi connectivity index (χ3n) is 4.05. The lowest BCUT2D eigenvalue weighted by molar-refractivity contribution is -0.489. The van der Waals surface area contributed by atoms with Crippen LogP contribution < -0.4 is 14.2 Å². The van der Waals surface area contributed by atoms with Crippen LogP contribution in [0.25, 0.3) is 0 Å². The zero-order chi connectivity index (χ0) is 20.6. The molecule has 0 N–H and O–H groups in total. The number of carbonyl (C=O) groups excluding carboxylic acids is 2. The third-order valence-corrected chi connectivity index (χ3v) is 4.05. The molecule has 0 aliphatic carbocycles. The van der Waals surface area contributed by atoms with Crippen molar-refractivity contribution < 1.29 is 38.2 Å². The summed E-state index contributed by atoms with van der Waals surface area (Å²) in [4.78, 5) is 34.8. The summed E-state index contributed by atoms with van der Waals surface area (Å²) < 4.78 is 25.1. The minimum atomic E-state index is -1.47.